The number of rotatable bonds is 13. The summed E-state index contributed by atoms with van der Waals surface area (Å²) in [5, 5.41) is 47.4. The van der Waals surface area contributed by atoms with Gasteiger partial charge in [-0.1, -0.05) is 51.0 Å². The number of fused-ring (bicyclic) bond motifs is 10. The summed E-state index contributed by atoms with van der Waals surface area (Å²) in [5.74, 6) is -5.56. The van der Waals surface area contributed by atoms with Crippen molar-refractivity contribution in [1.29, 1.82) is 0 Å². The van der Waals surface area contributed by atoms with Gasteiger partial charge < -0.3 is 39.4 Å². The van der Waals surface area contributed by atoms with E-state index in [-0.39, 0.29) is 37.6 Å². The van der Waals surface area contributed by atoms with E-state index >= 15 is 8.78 Å². The van der Waals surface area contributed by atoms with E-state index in [1.54, 1.807) is 53.7 Å². The summed E-state index contributed by atoms with van der Waals surface area (Å²) in [5.41, 5.74) is -11.9. The van der Waals surface area contributed by atoms with Crippen LogP contribution >= 0.6 is 0 Å². The Kier molecular flexibility index (Phi) is 12.8. The van der Waals surface area contributed by atoms with Gasteiger partial charge in [0.15, 0.2) is 36.1 Å². The van der Waals surface area contributed by atoms with Crippen LogP contribution in [0.4, 0.5) is 18.4 Å². The Morgan fingerprint density at radius 2 is 0.971 bits per heavy atom. The van der Waals surface area contributed by atoms with Crippen molar-refractivity contribution < 1.29 is 76.9 Å². The van der Waals surface area contributed by atoms with Crippen molar-refractivity contribution >= 4 is 35.4 Å². The van der Waals surface area contributed by atoms with Gasteiger partial charge in [-0.25, -0.2) is 18.4 Å². The zero-order valence-electron chi connectivity index (χ0n) is 40.0. The Morgan fingerprint density at radius 1 is 0.603 bits per heavy atom. The van der Waals surface area contributed by atoms with E-state index in [1.807, 2.05) is 0 Å². The molecule has 0 unspecified atom stereocenters. The van der Waals surface area contributed by atoms with Crippen LogP contribution in [0.3, 0.4) is 0 Å². The lowest BCUT2D eigenvalue weighted by Gasteiger charge is -2.62. The molecule has 16 heteroatoms. The maximum Gasteiger partial charge on any atom is 0.508 e. The molecule has 0 aromatic heterocycles. The zero-order valence-corrected chi connectivity index (χ0v) is 40.0. The third-order valence-corrected chi connectivity index (χ3v) is 19.4. The van der Waals surface area contributed by atoms with E-state index in [2.05, 4.69) is 0 Å². The fourth-order valence-electron chi connectivity index (χ4n) is 15.7. The van der Waals surface area contributed by atoms with E-state index in [9.17, 15) is 49.2 Å². The van der Waals surface area contributed by atoms with Crippen LogP contribution in [0.1, 0.15) is 119 Å². The fraction of sp³-hybridized carbons (Fsp3) is 0.731. The number of carbonyl (C=O) groups excluding carboxylic acids is 6. The lowest BCUT2D eigenvalue weighted by molar-refractivity contribution is -0.219. The number of unbranched alkanes of at least 4 members (excludes halogenated alkanes) is 3. The molecule has 68 heavy (non-hydrogen) atoms. The molecular formula is C52H68F2O14. The van der Waals surface area contributed by atoms with Crippen molar-refractivity contribution in [2.45, 2.75) is 153 Å². The minimum Gasteiger partial charge on any atom is -0.434 e. The second kappa shape index (κ2) is 17.3. The Balaban J connectivity index is 0.741. The van der Waals surface area contributed by atoms with Crippen molar-refractivity contribution in [2.75, 3.05) is 26.4 Å². The van der Waals surface area contributed by atoms with Gasteiger partial charge in [0.1, 0.15) is 11.2 Å². The Labute approximate surface area is 395 Å². The van der Waals surface area contributed by atoms with E-state index < -0.39 is 129 Å². The molecule has 8 aliphatic carbocycles. The second-order valence-electron chi connectivity index (χ2n) is 22.4. The number of ether oxygens (including phenoxy) is 4. The molecule has 0 saturated heterocycles. The third-order valence-electron chi connectivity index (χ3n) is 19.4. The normalized spacial score (nSPS) is 45.3. The van der Waals surface area contributed by atoms with Gasteiger partial charge in [-0.3, -0.25) is 19.2 Å². The first kappa shape index (κ1) is 50.3. The van der Waals surface area contributed by atoms with Crippen LogP contribution in [0.15, 0.2) is 47.6 Å². The van der Waals surface area contributed by atoms with Crippen LogP contribution in [0, 0.1) is 57.2 Å². The Morgan fingerprint density at radius 3 is 1.34 bits per heavy atom. The van der Waals surface area contributed by atoms with Gasteiger partial charge in [0.05, 0.1) is 25.4 Å². The molecule has 16 atom stereocenters. The molecule has 8 rings (SSSR count). The predicted octanol–water partition coefficient (Wildman–Crippen LogP) is 6.69. The molecule has 0 aromatic rings. The van der Waals surface area contributed by atoms with Crippen LogP contribution in [-0.4, -0.2) is 117 Å². The molecule has 6 fully saturated rings. The quantitative estimate of drug-likeness (QED) is 0.112. The highest BCUT2D eigenvalue weighted by atomic mass is 19.1. The second-order valence-corrected chi connectivity index (χ2v) is 22.4. The van der Waals surface area contributed by atoms with Crippen LogP contribution in [-0.2, 0) is 38.1 Å². The summed E-state index contributed by atoms with van der Waals surface area (Å²) in [6.45, 7) is 8.58. The molecule has 0 heterocycles. The molecule has 4 N–H and O–H groups in total. The van der Waals surface area contributed by atoms with Gasteiger partial charge in [-0.15, -0.1) is 0 Å². The summed E-state index contributed by atoms with van der Waals surface area (Å²) in [4.78, 5) is 76.8. The molecule has 8 aliphatic rings. The van der Waals surface area contributed by atoms with Crippen LogP contribution in [0.2, 0.25) is 0 Å². The maximum atomic E-state index is 17.5. The van der Waals surface area contributed by atoms with Crippen LogP contribution in [0.5, 0.6) is 0 Å². The van der Waals surface area contributed by atoms with Gasteiger partial charge >= 0.3 is 12.3 Å². The van der Waals surface area contributed by atoms with Crippen molar-refractivity contribution in [3.63, 3.8) is 0 Å². The number of hydrogen-bond acceptors (Lipinski definition) is 14. The molecule has 0 radical (unpaired) electrons. The topological polar surface area (TPSA) is 220 Å². The number of halogens is 2. The van der Waals surface area contributed by atoms with Gasteiger partial charge in [0, 0.05) is 33.5 Å². The highest BCUT2D eigenvalue weighted by molar-refractivity contribution is 6.02. The van der Waals surface area contributed by atoms with E-state index in [0.29, 0.717) is 75.4 Å². The number of carbonyl (C=O) groups is 6. The first-order valence-corrected chi connectivity index (χ1v) is 24.5. The van der Waals surface area contributed by atoms with Crippen molar-refractivity contribution in [2.24, 2.45) is 57.2 Å². The minimum atomic E-state index is -2.12. The van der Waals surface area contributed by atoms with Gasteiger partial charge in [-0.05, 0) is 139 Å². The van der Waals surface area contributed by atoms with Crippen LogP contribution < -0.4 is 0 Å². The smallest absolute Gasteiger partial charge is 0.434 e. The highest BCUT2D eigenvalue weighted by Crippen LogP contribution is 2.72. The molecule has 0 amide bonds. The van der Waals surface area contributed by atoms with Crippen LogP contribution in [0.25, 0.3) is 0 Å². The summed E-state index contributed by atoms with van der Waals surface area (Å²) >= 11 is 0. The molecule has 14 nitrogen and oxygen atoms in total. The molecule has 0 aliphatic heterocycles. The monoisotopic (exact) mass is 954 g/mol. The number of allylic oxidation sites excluding steroid dienone is 8. The number of Topliss-reactive ketones (excluding diaryl/α,β-unsaturated/α-hetero) is 2. The summed E-state index contributed by atoms with van der Waals surface area (Å²) in [7, 11) is 0. The lowest BCUT2D eigenvalue weighted by Crippen LogP contribution is -2.69. The average molecular weight is 955 g/mol. The molecule has 6 saturated carbocycles. The lowest BCUT2D eigenvalue weighted by atomic mass is 9.44. The maximum absolute atomic E-state index is 17.5. The fourth-order valence-corrected chi connectivity index (χ4v) is 15.7. The molecule has 0 aromatic carbocycles. The van der Waals surface area contributed by atoms with E-state index in [1.165, 1.54) is 24.3 Å². The largest absolute Gasteiger partial charge is 0.508 e. The van der Waals surface area contributed by atoms with E-state index in [4.69, 9.17) is 18.9 Å². The number of hydrogen-bond donors (Lipinski definition) is 4. The first-order valence-electron chi connectivity index (χ1n) is 24.5. The average Bonchev–Trinajstić information content (AvgIpc) is 3.61. The third kappa shape index (κ3) is 7.01. The predicted molar refractivity (Wildman–Crippen MR) is 239 cm³/mol. The SMILES string of the molecule is C[C@@H]1C[C@H]2[C@@H]3CCC4=CC(=O)C=C[C@]4(C)[C@@]3(F)[C@@H](O)C[C@]2(C)[C@@]1(O)C(=O)COC(=O)OCCCCCCOC(=O)OCC(=O)[C@@]1(O)[C@H](C)C[C@H]2[C@@H]3CCC4=CC(=O)C=C[C@]4(C)[C@@]3(F)[C@@H](O)C[C@@]21C. The number of alkyl halides is 2. The standard InChI is InChI=1S/C52H68F2O14/c1-29-21-37-35-13-11-31-23-33(55)15-17-45(31,3)49(35,53)39(57)25-47(37,5)51(29,63)41(59)27-67-43(61)65-19-9-7-8-10-20-66-44(62)68-28-42(60)52(64)30(2)22-38-36-14-12-32-24-34(56)16-18-46(32,4)50(36,54)40(58)26-48(38,52)6/h15-18,23-24,29-30,35-40,57-58,63-64H,7-14,19-22,25-28H2,1-6H3/t29-,30-,35+,36+,37+,38+,39+,40+,45+,46+,47+,48+,49+,50+,51+,52+/m1/s1. The van der Waals surface area contributed by atoms with Gasteiger partial charge in [0.2, 0.25) is 11.6 Å². The summed E-state index contributed by atoms with van der Waals surface area (Å²) in [6.07, 6.45) is 7.12. The van der Waals surface area contributed by atoms with Crippen molar-refractivity contribution in [3.8, 4) is 0 Å². The molecule has 374 valence electrons. The van der Waals surface area contributed by atoms with Crippen molar-refractivity contribution in [1.82, 2.24) is 0 Å². The van der Waals surface area contributed by atoms with Gasteiger partial charge in [0.25, 0.3) is 0 Å². The number of ketones is 4. The zero-order chi connectivity index (χ0) is 49.6. The Bertz CT molecular complexity index is 2100. The van der Waals surface area contributed by atoms with E-state index in [0.717, 1.165) is 0 Å². The molecule has 0 bridgehead atoms. The number of aliphatic hydroxyl groups excluding tert-OH is 2. The molecule has 0 spiro atoms. The highest BCUT2D eigenvalue weighted by Gasteiger charge is 2.77. The van der Waals surface area contributed by atoms with Gasteiger partial charge in [-0.2, -0.15) is 0 Å². The minimum absolute atomic E-state index is 0.0408. The first-order chi connectivity index (χ1) is 31.8. The number of aliphatic hydroxyl groups is 4. The summed E-state index contributed by atoms with van der Waals surface area (Å²) in [6, 6.07) is 0. The molecular weight excluding hydrogens is 887 g/mol. The summed E-state index contributed by atoms with van der Waals surface area (Å²) < 4.78 is 55.5. The Hall–Kier alpha value is -4.12. The van der Waals surface area contributed by atoms with Crippen molar-refractivity contribution in [3.05, 3.63) is 47.6 Å².